The van der Waals surface area contributed by atoms with E-state index in [-0.39, 0.29) is 17.4 Å². The molecule has 2 rings (SSSR count). The van der Waals surface area contributed by atoms with Crippen LogP contribution in [0, 0.1) is 5.92 Å². The Kier molecular flexibility index (Phi) is 4.29. The van der Waals surface area contributed by atoms with E-state index in [1.807, 2.05) is 6.07 Å². The van der Waals surface area contributed by atoms with Gasteiger partial charge in [0.1, 0.15) is 5.75 Å². The standard InChI is InChI=1S/C12H16BrNO3S/c1-17-12-3-2-11(13)4-10(12)8-18(15,16)7-9-5-14-6-9/h2-4,9,14H,5-8H2,1H3. The molecule has 1 aromatic carbocycles. The second kappa shape index (κ2) is 5.59. The minimum atomic E-state index is -3.08. The van der Waals surface area contributed by atoms with E-state index in [1.165, 1.54) is 0 Å². The molecule has 0 bridgehead atoms. The summed E-state index contributed by atoms with van der Waals surface area (Å²) in [6, 6.07) is 5.42. The van der Waals surface area contributed by atoms with Crippen LogP contribution in [-0.2, 0) is 15.6 Å². The molecular weight excluding hydrogens is 318 g/mol. The predicted octanol–water partition coefficient (Wildman–Crippen LogP) is 1.59. The van der Waals surface area contributed by atoms with Gasteiger partial charge in [-0.15, -0.1) is 0 Å². The first kappa shape index (κ1) is 13.8. The van der Waals surface area contributed by atoms with Crippen molar-refractivity contribution in [3.63, 3.8) is 0 Å². The van der Waals surface area contributed by atoms with Crippen molar-refractivity contribution in [3.05, 3.63) is 28.2 Å². The van der Waals surface area contributed by atoms with Crippen LogP contribution in [0.3, 0.4) is 0 Å². The minimum absolute atomic E-state index is 0.0338. The predicted molar refractivity (Wildman–Crippen MR) is 74.5 cm³/mol. The number of methoxy groups -OCH3 is 1. The summed E-state index contributed by atoms with van der Waals surface area (Å²) in [6.07, 6.45) is 0. The summed E-state index contributed by atoms with van der Waals surface area (Å²) in [5, 5.41) is 3.08. The Hall–Kier alpha value is -0.590. The van der Waals surface area contributed by atoms with E-state index in [1.54, 1.807) is 19.2 Å². The molecule has 0 atom stereocenters. The monoisotopic (exact) mass is 333 g/mol. The summed E-state index contributed by atoms with van der Waals surface area (Å²) in [6.45, 7) is 1.60. The highest BCUT2D eigenvalue weighted by atomic mass is 79.9. The van der Waals surface area contributed by atoms with Gasteiger partial charge in [0.25, 0.3) is 0 Å². The van der Waals surface area contributed by atoms with Crippen LogP contribution in [0.1, 0.15) is 5.56 Å². The fourth-order valence-electron chi connectivity index (χ4n) is 1.98. The molecule has 0 spiro atoms. The number of halogens is 1. The first-order chi connectivity index (χ1) is 8.50. The van der Waals surface area contributed by atoms with Gasteiger partial charge in [0, 0.05) is 23.1 Å². The normalized spacial score (nSPS) is 16.3. The first-order valence-corrected chi connectivity index (χ1v) is 8.35. The van der Waals surface area contributed by atoms with Gasteiger partial charge in [-0.25, -0.2) is 8.42 Å². The lowest BCUT2D eigenvalue weighted by molar-refractivity contribution is 0.378. The molecular formula is C12H16BrNO3S. The lowest BCUT2D eigenvalue weighted by atomic mass is 10.1. The molecule has 0 aliphatic carbocycles. The first-order valence-electron chi connectivity index (χ1n) is 5.74. The number of benzene rings is 1. The Morgan fingerprint density at radius 2 is 2.17 bits per heavy atom. The van der Waals surface area contributed by atoms with Crippen molar-refractivity contribution in [2.75, 3.05) is 26.0 Å². The van der Waals surface area contributed by atoms with Crippen molar-refractivity contribution in [2.45, 2.75) is 5.75 Å². The molecule has 4 nitrogen and oxygen atoms in total. The Morgan fingerprint density at radius 1 is 1.44 bits per heavy atom. The fraction of sp³-hybridized carbons (Fsp3) is 0.500. The Labute approximate surface area is 116 Å². The minimum Gasteiger partial charge on any atom is -0.496 e. The van der Waals surface area contributed by atoms with Crippen molar-refractivity contribution in [3.8, 4) is 5.75 Å². The molecule has 1 aliphatic rings. The third kappa shape index (κ3) is 3.46. The molecule has 0 unspecified atom stereocenters. The molecule has 1 N–H and O–H groups in total. The van der Waals surface area contributed by atoms with Crippen LogP contribution in [0.2, 0.25) is 0 Å². The van der Waals surface area contributed by atoms with Crippen molar-refractivity contribution in [2.24, 2.45) is 5.92 Å². The van der Waals surface area contributed by atoms with Crippen molar-refractivity contribution in [1.82, 2.24) is 5.32 Å². The van der Waals surface area contributed by atoms with Gasteiger partial charge in [-0.2, -0.15) is 0 Å². The van der Waals surface area contributed by atoms with E-state index in [4.69, 9.17) is 4.74 Å². The fourth-order valence-corrected chi connectivity index (χ4v) is 4.16. The molecule has 1 saturated heterocycles. The molecule has 0 saturated carbocycles. The smallest absolute Gasteiger partial charge is 0.154 e. The molecule has 1 aliphatic heterocycles. The molecule has 100 valence electrons. The van der Waals surface area contributed by atoms with Crippen LogP contribution >= 0.6 is 15.9 Å². The second-order valence-corrected chi connectivity index (χ2v) is 7.56. The molecule has 18 heavy (non-hydrogen) atoms. The number of rotatable bonds is 5. The number of nitrogens with one attached hydrogen (secondary N) is 1. The van der Waals surface area contributed by atoms with Gasteiger partial charge in [-0.05, 0) is 24.1 Å². The van der Waals surface area contributed by atoms with Crippen molar-refractivity contribution < 1.29 is 13.2 Å². The topological polar surface area (TPSA) is 55.4 Å². The van der Waals surface area contributed by atoms with E-state index >= 15 is 0 Å². The highest BCUT2D eigenvalue weighted by Gasteiger charge is 2.25. The largest absolute Gasteiger partial charge is 0.496 e. The highest BCUT2D eigenvalue weighted by Crippen LogP contribution is 2.25. The van der Waals surface area contributed by atoms with Crippen LogP contribution in [0.5, 0.6) is 5.75 Å². The Balaban J connectivity index is 2.14. The molecule has 1 heterocycles. The zero-order chi connectivity index (χ0) is 13.2. The maximum Gasteiger partial charge on any atom is 0.154 e. The SMILES string of the molecule is COc1ccc(Br)cc1CS(=O)(=O)CC1CNC1. The number of ether oxygens (including phenoxy) is 1. The van der Waals surface area contributed by atoms with Crippen molar-refractivity contribution >= 4 is 25.8 Å². The molecule has 1 aromatic rings. The van der Waals surface area contributed by atoms with Gasteiger partial charge < -0.3 is 10.1 Å². The average molecular weight is 334 g/mol. The molecule has 6 heteroatoms. The molecule has 0 radical (unpaired) electrons. The summed E-state index contributed by atoms with van der Waals surface area (Å²) >= 11 is 3.35. The zero-order valence-electron chi connectivity index (χ0n) is 10.1. The van der Waals surface area contributed by atoms with Crippen LogP contribution in [0.4, 0.5) is 0 Å². The summed E-state index contributed by atoms with van der Waals surface area (Å²) < 4.78 is 30.2. The quantitative estimate of drug-likeness (QED) is 0.889. The van der Waals surface area contributed by atoms with Gasteiger partial charge in [-0.1, -0.05) is 15.9 Å². The maximum absolute atomic E-state index is 12.1. The van der Waals surface area contributed by atoms with Gasteiger partial charge in [0.2, 0.25) is 0 Å². The molecule has 1 fully saturated rings. The third-order valence-corrected chi connectivity index (χ3v) is 5.20. The maximum atomic E-state index is 12.1. The van der Waals surface area contributed by atoms with E-state index in [0.717, 1.165) is 17.6 Å². The lowest BCUT2D eigenvalue weighted by Gasteiger charge is -2.26. The number of hydrogen-bond donors (Lipinski definition) is 1. The van der Waals surface area contributed by atoms with E-state index in [2.05, 4.69) is 21.2 Å². The summed E-state index contributed by atoms with van der Waals surface area (Å²) in [7, 11) is -1.53. The summed E-state index contributed by atoms with van der Waals surface area (Å²) in [5.74, 6) is 1.16. The van der Waals surface area contributed by atoms with Gasteiger partial charge >= 0.3 is 0 Å². The van der Waals surface area contributed by atoms with E-state index in [0.29, 0.717) is 11.3 Å². The third-order valence-electron chi connectivity index (χ3n) is 2.97. The molecule has 0 amide bonds. The Bertz CT molecular complexity index is 526. The van der Waals surface area contributed by atoms with Gasteiger partial charge in [0.05, 0.1) is 18.6 Å². The van der Waals surface area contributed by atoms with Crippen molar-refractivity contribution in [1.29, 1.82) is 0 Å². The lowest BCUT2D eigenvalue weighted by Crippen LogP contribution is -2.45. The van der Waals surface area contributed by atoms with E-state index < -0.39 is 9.84 Å². The average Bonchev–Trinajstić information content (AvgIpc) is 2.24. The van der Waals surface area contributed by atoms with Crippen LogP contribution < -0.4 is 10.1 Å². The van der Waals surface area contributed by atoms with E-state index in [9.17, 15) is 8.42 Å². The summed E-state index contributed by atoms with van der Waals surface area (Å²) in [5.41, 5.74) is 0.708. The molecule has 0 aromatic heterocycles. The second-order valence-electron chi connectivity index (χ2n) is 4.54. The van der Waals surface area contributed by atoms with Gasteiger partial charge in [0.15, 0.2) is 9.84 Å². The van der Waals surface area contributed by atoms with Gasteiger partial charge in [-0.3, -0.25) is 0 Å². The Morgan fingerprint density at radius 3 is 2.72 bits per heavy atom. The zero-order valence-corrected chi connectivity index (χ0v) is 12.6. The van der Waals surface area contributed by atoms with Crippen LogP contribution in [-0.4, -0.2) is 34.4 Å². The van der Waals surface area contributed by atoms with Crippen LogP contribution in [0.25, 0.3) is 0 Å². The number of sulfone groups is 1. The highest BCUT2D eigenvalue weighted by molar-refractivity contribution is 9.10. The number of hydrogen-bond acceptors (Lipinski definition) is 4. The van der Waals surface area contributed by atoms with Crippen LogP contribution in [0.15, 0.2) is 22.7 Å². The summed E-state index contributed by atoms with van der Waals surface area (Å²) in [4.78, 5) is 0.